The third-order valence-electron chi connectivity index (χ3n) is 4.04. The Kier molecular flexibility index (Phi) is 5.19. The van der Waals surface area contributed by atoms with Gasteiger partial charge in [0.2, 0.25) is 5.82 Å². The van der Waals surface area contributed by atoms with Gasteiger partial charge in [-0.3, -0.25) is 15.1 Å². The quantitative estimate of drug-likeness (QED) is 0.301. The molecule has 11 heteroatoms. The highest BCUT2D eigenvalue weighted by Crippen LogP contribution is 2.38. The summed E-state index contributed by atoms with van der Waals surface area (Å²) in [5.41, 5.74) is -0.355. The van der Waals surface area contributed by atoms with Crippen molar-refractivity contribution >= 4 is 44.0 Å². The van der Waals surface area contributed by atoms with E-state index in [0.29, 0.717) is 11.6 Å². The van der Waals surface area contributed by atoms with Gasteiger partial charge in [-0.1, -0.05) is 22.0 Å². The lowest BCUT2D eigenvalue weighted by atomic mass is 10.2. The van der Waals surface area contributed by atoms with Gasteiger partial charge in [-0.15, -0.1) is 0 Å². The van der Waals surface area contributed by atoms with Crippen molar-refractivity contribution < 1.29 is 18.4 Å². The maximum atomic E-state index is 14.0. The van der Waals surface area contributed by atoms with Crippen molar-refractivity contribution in [3.63, 3.8) is 0 Å². The van der Waals surface area contributed by atoms with Gasteiger partial charge in [-0.2, -0.15) is 4.98 Å². The van der Waals surface area contributed by atoms with Crippen LogP contribution in [0.3, 0.4) is 0 Å². The van der Waals surface area contributed by atoms with Gasteiger partial charge in [0, 0.05) is 22.1 Å². The second-order valence-corrected chi connectivity index (χ2v) is 6.78. The highest BCUT2D eigenvalue weighted by atomic mass is 79.9. The Bertz CT molecular complexity index is 1290. The standard InChI is InChI=1S/C19H10BrF2N5O3/c20-12-4-6-15(16-11(12)2-1-7-23-16)30-19-17(27(28)29)18(24-9-25-19)26-14-5-3-10(21)8-13(14)22/h1-9H,(H,24,25,26). The molecule has 0 saturated carbocycles. The molecule has 1 N–H and O–H groups in total. The summed E-state index contributed by atoms with van der Waals surface area (Å²) >= 11 is 3.41. The smallest absolute Gasteiger partial charge is 0.373 e. The van der Waals surface area contributed by atoms with E-state index in [1.165, 1.54) is 0 Å². The lowest BCUT2D eigenvalue weighted by molar-refractivity contribution is -0.385. The number of hydrogen-bond donors (Lipinski definition) is 1. The third kappa shape index (κ3) is 3.74. The number of anilines is 2. The summed E-state index contributed by atoms with van der Waals surface area (Å²) in [7, 11) is 0. The molecule has 150 valence electrons. The van der Waals surface area contributed by atoms with E-state index in [1.807, 2.05) is 0 Å². The lowest BCUT2D eigenvalue weighted by Gasteiger charge is -2.11. The number of halogens is 3. The summed E-state index contributed by atoms with van der Waals surface area (Å²) in [5, 5.41) is 14.9. The minimum absolute atomic E-state index is 0.195. The summed E-state index contributed by atoms with van der Waals surface area (Å²) in [6.07, 6.45) is 2.58. The van der Waals surface area contributed by atoms with E-state index >= 15 is 0 Å². The van der Waals surface area contributed by atoms with E-state index < -0.39 is 22.2 Å². The molecule has 8 nitrogen and oxygen atoms in total. The Morgan fingerprint density at radius 1 is 1.10 bits per heavy atom. The minimum Gasteiger partial charge on any atom is -0.431 e. The molecule has 4 aromatic rings. The number of nitro groups is 1. The van der Waals surface area contributed by atoms with E-state index in [2.05, 4.69) is 36.2 Å². The predicted octanol–water partition coefficient (Wildman–Crippen LogP) is 5.51. The first kappa shape index (κ1) is 19.6. The van der Waals surface area contributed by atoms with Crippen LogP contribution in [0.5, 0.6) is 11.6 Å². The van der Waals surface area contributed by atoms with E-state index in [9.17, 15) is 18.9 Å². The normalized spacial score (nSPS) is 10.8. The molecule has 0 saturated heterocycles. The van der Waals surface area contributed by atoms with Crippen molar-refractivity contribution in [2.45, 2.75) is 0 Å². The Morgan fingerprint density at radius 3 is 2.70 bits per heavy atom. The number of ether oxygens (including phenoxy) is 1. The van der Waals surface area contributed by atoms with Crippen molar-refractivity contribution in [2.75, 3.05) is 5.32 Å². The topological polar surface area (TPSA) is 103 Å². The highest BCUT2D eigenvalue weighted by Gasteiger charge is 2.26. The number of benzene rings is 2. The van der Waals surface area contributed by atoms with Gasteiger partial charge < -0.3 is 10.1 Å². The maximum absolute atomic E-state index is 14.0. The van der Waals surface area contributed by atoms with Gasteiger partial charge in [0.25, 0.3) is 0 Å². The second-order valence-electron chi connectivity index (χ2n) is 5.93. The molecule has 0 radical (unpaired) electrons. The Morgan fingerprint density at radius 2 is 1.93 bits per heavy atom. The number of nitrogens with zero attached hydrogens (tertiary/aromatic N) is 4. The van der Waals surface area contributed by atoms with Crippen LogP contribution in [0.15, 0.2) is 59.5 Å². The fourth-order valence-electron chi connectivity index (χ4n) is 2.71. The molecular weight excluding hydrogens is 464 g/mol. The number of pyridine rings is 1. The zero-order chi connectivity index (χ0) is 21.3. The molecule has 0 amide bonds. The number of rotatable bonds is 5. The summed E-state index contributed by atoms with van der Waals surface area (Å²) in [6.45, 7) is 0. The van der Waals surface area contributed by atoms with Gasteiger partial charge in [-0.05, 0) is 30.3 Å². The molecule has 0 aliphatic heterocycles. The second kappa shape index (κ2) is 7.95. The Balaban J connectivity index is 1.77. The number of nitrogens with one attached hydrogen (secondary N) is 1. The lowest BCUT2D eigenvalue weighted by Crippen LogP contribution is -2.05. The van der Waals surface area contributed by atoms with Crippen LogP contribution in [-0.2, 0) is 0 Å². The van der Waals surface area contributed by atoms with E-state index in [-0.39, 0.29) is 23.1 Å². The maximum Gasteiger partial charge on any atom is 0.373 e. The molecule has 30 heavy (non-hydrogen) atoms. The summed E-state index contributed by atoms with van der Waals surface area (Å²) in [6, 6.07) is 9.59. The summed E-state index contributed by atoms with van der Waals surface area (Å²) in [4.78, 5) is 22.9. The first-order chi connectivity index (χ1) is 14.4. The van der Waals surface area contributed by atoms with Gasteiger partial charge >= 0.3 is 11.6 Å². The van der Waals surface area contributed by atoms with Gasteiger partial charge in [-0.25, -0.2) is 13.8 Å². The van der Waals surface area contributed by atoms with Crippen molar-refractivity contribution in [1.29, 1.82) is 0 Å². The highest BCUT2D eigenvalue weighted by molar-refractivity contribution is 9.10. The molecule has 0 fully saturated rings. The average molecular weight is 474 g/mol. The molecule has 0 spiro atoms. The molecule has 0 aliphatic carbocycles. The van der Waals surface area contributed by atoms with Crippen LogP contribution in [-0.4, -0.2) is 19.9 Å². The first-order valence-electron chi connectivity index (χ1n) is 8.36. The van der Waals surface area contributed by atoms with E-state index in [0.717, 1.165) is 28.3 Å². The van der Waals surface area contributed by atoms with Crippen LogP contribution in [0.2, 0.25) is 0 Å². The monoisotopic (exact) mass is 473 g/mol. The van der Waals surface area contributed by atoms with Crippen molar-refractivity contribution in [2.24, 2.45) is 0 Å². The zero-order valence-electron chi connectivity index (χ0n) is 14.8. The number of fused-ring (bicyclic) bond motifs is 1. The SMILES string of the molecule is O=[N+]([O-])c1c(Nc2ccc(F)cc2F)ncnc1Oc1ccc(Br)c2cccnc12. The summed E-state index contributed by atoms with van der Waals surface area (Å²) < 4.78 is 33.6. The Hall–Kier alpha value is -3.73. The molecule has 2 aromatic carbocycles. The molecule has 0 atom stereocenters. The van der Waals surface area contributed by atoms with E-state index in [1.54, 1.807) is 30.5 Å². The van der Waals surface area contributed by atoms with Crippen molar-refractivity contribution in [3.8, 4) is 11.6 Å². The summed E-state index contributed by atoms with van der Waals surface area (Å²) in [5.74, 6) is -2.17. The van der Waals surface area contributed by atoms with Gasteiger partial charge in [0.1, 0.15) is 23.5 Å². The predicted molar refractivity (Wildman–Crippen MR) is 108 cm³/mol. The molecule has 0 unspecified atom stereocenters. The molecule has 2 aromatic heterocycles. The number of hydrogen-bond acceptors (Lipinski definition) is 7. The number of aromatic nitrogens is 3. The van der Waals surface area contributed by atoms with Crippen LogP contribution in [0, 0.1) is 21.7 Å². The van der Waals surface area contributed by atoms with Crippen LogP contribution < -0.4 is 10.1 Å². The van der Waals surface area contributed by atoms with Crippen molar-refractivity contribution in [3.05, 3.63) is 81.2 Å². The minimum atomic E-state index is -0.937. The van der Waals surface area contributed by atoms with Crippen molar-refractivity contribution in [1.82, 2.24) is 15.0 Å². The van der Waals surface area contributed by atoms with E-state index in [4.69, 9.17) is 4.74 Å². The first-order valence-corrected chi connectivity index (χ1v) is 9.16. The van der Waals surface area contributed by atoms with Crippen LogP contribution in [0.4, 0.5) is 26.0 Å². The van der Waals surface area contributed by atoms with Crippen LogP contribution in [0.1, 0.15) is 0 Å². The zero-order valence-corrected chi connectivity index (χ0v) is 16.4. The average Bonchev–Trinajstić information content (AvgIpc) is 2.72. The molecule has 2 heterocycles. The third-order valence-corrected chi connectivity index (χ3v) is 4.73. The Labute approximate surface area is 175 Å². The van der Waals surface area contributed by atoms with Crippen LogP contribution >= 0.6 is 15.9 Å². The fourth-order valence-corrected chi connectivity index (χ4v) is 3.16. The molecule has 0 aliphatic rings. The molecule has 4 rings (SSSR count). The molecular formula is C19H10BrF2N5O3. The van der Waals surface area contributed by atoms with Crippen LogP contribution in [0.25, 0.3) is 10.9 Å². The molecule has 0 bridgehead atoms. The largest absolute Gasteiger partial charge is 0.431 e. The van der Waals surface area contributed by atoms with Gasteiger partial charge in [0.05, 0.1) is 10.6 Å². The van der Waals surface area contributed by atoms with Gasteiger partial charge in [0.15, 0.2) is 5.75 Å². The fraction of sp³-hybridized carbons (Fsp3) is 0.